The van der Waals surface area contributed by atoms with Gasteiger partial charge in [0.1, 0.15) is 23.7 Å². The molecule has 5 nitrogen and oxygen atoms in total. The van der Waals surface area contributed by atoms with Crippen molar-refractivity contribution in [2.45, 2.75) is 64.9 Å². The van der Waals surface area contributed by atoms with Gasteiger partial charge < -0.3 is 9.47 Å². The summed E-state index contributed by atoms with van der Waals surface area (Å²) in [5.74, 6) is -1.90. The van der Waals surface area contributed by atoms with Crippen LogP contribution >= 0.6 is 0 Å². The molecule has 2 heterocycles. The molecule has 3 aliphatic rings. The highest BCUT2D eigenvalue weighted by molar-refractivity contribution is 6.13. The summed E-state index contributed by atoms with van der Waals surface area (Å²) in [5.41, 5.74) is -0.275. The summed E-state index contributed by atoms with van der Waals surface area (Å²) in [6, 6.07) is 0. The summed E-state index contributed by atoms with van der Waals surface area (Å²) in [6.07, 6.45) is 14.1. The number of fused-ring (bicyclic) bond motifs is 2. The Hall–Kier alpha value is -2.43. The van der Waals surface area contributed by atoms with E-state index in [0.717, 1.165) is 32.1 Å². The molecule has 150 valence electrons. The Morgan fingerprint density at radius 3 is 2.68 bits per heavy atom. The van der Waals surface area contributed by atoms with Crippen molar-refractivity contribution in [3.05, 3.63) is 47.5 Å². The van der Waals surface area contributed by atoms with Crippen LogP contribution in [0.3, 0.4) is 0 Å². The lowest BCUT2D eigenvalue weighted by molar-refractivity contribution is -0.157. The standard InChI is InChI=1S/C23H28O5/c1-4-6-7-8-9-11-19(24)20-18-13-15-12-16(10-5-2)27-14-17(15)21(25)23(18,3)28-22(20)26/h5,10,12-14,18,20H,4,6-9,11H2,1-3H3. The van der Waals surface area contributed by atoms with Gasteiger partial charge in [0.2, 0.25) is 5.78 Å². The lowest BCUT2D eigenvalue weighted by Gasteiger charge is -2.34. The zero-order valence-corrected chi connectivity index (χ0v) is 16.8. The van der Waals surface area contributed by atoms with E-state index in [1.807, 2.05) is 19.1 Å². The number of esters is 1. The van der Waals surface area contributed by atoms with Gasteiger partial charge in [0.25, 0.3) is 0 Å². The van der Waals surface area contributed by atoms with Crippen molar-refractivity contribution in [3.63, 3.8) is 0 Å². The van der Waals surface area contributed by atoms with Crippen LogP contribution in [0, 0.1) is 11.8 Å². The summed E-state index contributed by atoms with van der Waals surface area (Å²) < 4.78 is 11.0. The fraction of sp³-hybridized carbons (Fsp3) is 0.522. The van der Waals surface area contributed by atoms with Gasteiger partial charge in [0, 0.05) is 12.3 Å². The summed E-state index contributed by atoms with van der Waals surface area (Å²) in [5, 5.41) is 0. The van der Waals surface area contributed by atoms with E-state index in [4.69, 9.17) is 9.47 Å². The molecule has 3 atom stereocenters. The first-order valence-electron chi connectivity index (χ1n) is 10.2. The van der Waals surface area contributed by atoms with Crippen molar-refractivity contribution >= 4 is 17.5 Å². The summed E-state index contributed by atoms with van der Waals surface area (Å²) in [7, 11) is 0. The van der Waals surface area contributed by atoms with Crippen molar-refractivity contribution in [1.82, 2.24) is 0 Å². The van der Waals surface area contributed by atoms with Crippen LogP contribution in [0.15, 0.2) is 47.5 Å². The molecule has 2 aliphatic heterocycles. The van der Waals surface area contributed by atoms with Crippen molar-refractivity contribution < 1.29 is 23.9 Å². The molecular weight excluding hydrogens is 356 g/mol. The Morgan fingerprint density at radius 1 is 1.21 bits per heavy atom. The third-order valence-electron chi connectivity index (χ3n) is 5.74. The van der Waals surface area contributed by atoms with E-state index < -0.39 is 23.4 Å². The number of Topliss-reactive ketones (excluding diaryl/α,β-unsaturated/α-hetero) is 2. The smallest absolute Gasteiger partial charge is 0.318 e. The highest BCUT2D eigenvalue weighted by atomic mass is 16.6. The lowest BCUT2D eigenvalue weighted by Crippen LogP contribution is -2.46. The molecule has 3 rings (SSSR count). The molecule has 0 saturated carbocycles. The molecule has 1 saturated heterocycles. The van der Waals surface area contributed by atoms with E-state index >= 15 is 0 Å². The normalized spacial score (nSPS) is 28.8. The van der Waals surface area contributed by atoms with Crippen molar-refractivity contribution in [2.24, 2.45) is 11.8 Å². The minimum Gasteiger partial charge on any atom is -0.464 e. The lowest BCUT2D eigenvalue weighted by atomic mass is 9.69. The van der Waals surface area contributed by atoms with Crippen LogP contribution in [-0.2, 0) is 23.9 Å². The molecule has 28 heavy (non-hydrogen) atoms. The van der Waals surface area contributed by atoms with E-state index in [1.165, 1.54) is 6.26 Å². The van der Waals surface area contributed by atoms with Crippen LogP contribution < -0.4 is 0 Å². The number of carbonyl (C=O) groups is 3. The predicted molar refractivity (Wildman–Crippen MR) is 105 cm³/mol. The number of unbranched alkanes of at least 4 members (excludes halogenated alkanes) is 4. The van der Waals surface area contributed by atoms with Crippen molar-refractivity contribution in [3.8, 4) is 0 Å². The summed E-state index contributed by atoms with van der Waals surface area (Å²) in [4.78, 5) is 38.4. The van der Waals surface area contributed by atoms with Gasteiger partial charge in [-0.25, -0.2) is 0 Å². The quantitative estimate of drug-likeness (QED) is 0.354. The Kier molecular flexibility index (Phi) is 6.01. The summed E-state index contributed by atoms with van der Waals surface area (Å²) in [6.45, 7) is 5.62. The van der Waals surface area contributed by atoms with Crippen LogP contribution in [0.1, 0.15) is 59.3 Å². The number of hydrogen-bond donors (Lipinski definition) is 0. The second-order valence-corrected chi connectivity index (χ2v) is 7.81. The predicted octanol–water partition coefficient (Wildman–Crippen LogP) is 4.35. The van der Waals surface area contributed by atoms with E-state index in [1.54, 1.807) is 19.1 Å². The van der Waals surface area contributed by atoms with Gasteiger partial charge in [-0.05, 0) is 38.0 Å². The molecule has 0 N–H and O–H groups in total. The molecular formula is C23H28O5. The van der Waals surface area contributed by atoms with E-state index in [-0.39, 0.29) is 11.6 Å². The topological polar surface area (TPSA) is 69.7 Å². The fourth-order valence-corrected chi connectivity index (χ4v) is 4.14. The third kappa shape index (κ3) is 3.62. The minimum absolute atomic E-state index is 0.128. The molecule has 0 aromatic carbocycles. The zero-order chi connectivity index (χ0) is 20.3. The molecule has 0 spiro atoms. The van der Waals surface area contributed by atoms with Crippen LogP contribution in [0.2, 0.25) is 0 Å². The SMILES string of the molecule is CC=CC1=CC2=CC3C(C(=O)CCCCCCC)C(=O)OC3(C)C(=O)C2=CO1. The number of rotatable bonds is 8. The van der Waals surface area contributed by atoms with Crippen LogP contribution in [0.5, 0.6) is 0 Å². The number of carbonyl (C=O) groups excluding carboxylic acids is 3. The van der Waals surface area contributed by atoms with Crippen LogP contribution in [0.25, 0.3) is 0 Å². The van der Waals surface area contributed by atoms with Crippen LogP contribution in [-0.4, -0.2) is 23.1 Å². The molecule has 1 aliphatic carbocycles. The van der Waals surface area contributed by atoms with E-state index in [0.29, 0.717) is 23.3 Å². The maximum absolute atomic E-state index is 13.0. The molecule has 0 aromatic heterocycles. The fourth-order valence-electron chi connectivity index (χ4n) is 4.14. The molecule has 0 bridgehead atoms. The Labute approximate surface area is 166 Å². The van der Waals surface area contributed by atoms with Gasteiger partial charge in [-0.3, -0.25) is 14.4 Å². The molecule has 0 amide bonds. The Morgan fingerprint density at radius 2 is 1.96 bits per heavy atom. The monoisotopic (exact) mass is 384 g/mol. The number of hydrogen-bond acceptors (Lipinski definition) is 5. The number of ether oxygens (including phenoxy) is 2. The Bertz CT molecular complexity index is 798. The molecule has 0 aromatic rings. The largest absolute Gasteiger partial charge is 0.464 e. The van der Waals surface area contributed by atoms with Gasteiger partial charge in [0.05, 0.1) is 5.57 Å². The maximum Gasteiger partial charge on any atom is 0.318 e. The van der Waals surface area contributed by atoms with Gasteiger partial charge >= 0.3 is 5.97 Å². The van der Waals surface area contributed by atoms with Gasteiger partial charge in [-0.2, -0.15) is 0 Å². The first-order valence-corrected chi connectivity index (χ1v) is 10.2. The van der Waals surface area contributed by atoms with Crippen molar-refractivity contribution in [1.29, 1.82) is 0 Å². The Balaban J connectivity index is 1.83. The van der Waals surface area contributed by atoms with Gasteiger partial charge in [-0.1, -0.05) is 44.8 Å². The average molecular weight is 384 g/mol. The minimum atomic E-state index is -1.34. The molecule has 0 radical (unpaired) electrons. The second kappa shape index (κ2) is 8.29. The first-order chi connectivity index (χ1) is 13.4. The first kappa shape index (κ1) is 20.3. The number of allylic oxidation sites excluding steroid dienone is 4. The van der Waals surface area contributed by atoms with E-state index in [2.05, 4.69) is 6.92 Å². The molecule has 3 unspecified atom stereocenters. The third-order valence-corrected chi connectivity index (χ3v) is 5.74. The van der Waals surface area contributed by atoms with Gasteiger partial charge in [-0.15, -0.1) is 0 Å². The van der Waals surface area contributed by atoms with Gasteiger partial charge in [0.15, 0.2) is 5.60 Å². The average Bonchev–Trinajstić information content (AvgIpc) is 2.92. The van der Waals surface area contributed by atoms with Crippen LogP contribution in [0.4, 0.5) is 0 Å². The summed E-state index contributed by atoms with van der Waals surface area (Å²) >= 11 is 0. The zero-order valence-electron chi connectivity index (χ0n) is 16.8. The van der Waals surface area contributed by atoms with Crippen molar-refractivity contribution in [2.75, 3.05) is 0 Å². The highest BCUT2D eigenvalue weighted by Gasteiger charge is 2.61. The molecule has 5 heteroatoms. The maximum atomic E-state index is 13.0. The van der Waals surface area contributed by atoms with E-state index in [9.17, 15) is 14.4 Å². The molecule has 1 fully saturated rings. The highest BCUT2D eigenvalue weighted by Crippen LogP contribution is 2.47. The number of ketones is 2. The second-order valence-electron chi connectivity index (χ2n) is 7.81.